The Balaban J connectivity index is 2.28. The van der Waals surface area contributed by atoms with Crippen LogP contribution in [0.25, 0.3) is 0 Å². The van der Waals surface area contributed by atoms with Crippen LogP contribution in [0.3, 0.4) is 0 Å². The zero-order chi connectivity index (χ0) is 20.6. The molecule has 0 aromatic heterocycles. The normalized spacial score (nSPS) is 13.8. The number of esters is 1. The van der Waals surface area contributed by atoms with Gasteiger partial charge in [0.05, 0.1) is 11.5 Å². The molecule has 0 fully saturated rings. The van der Waals surface area contributed by atoms with E-state index < -0.39 is 24.7 Å². The molecular formula is C18H21N2O7P. The fourth-order valence-corrected chi connectivity index (χ4v) is 3.81. The number of hydrogen-bond acceptors (Lipinski definition) is 7. The molecule has 28 heavy (non-hydrogen) atoms. The summed E-state index contributed by atoms with van der Waals surface area (Å²) < 4.78 is 29.3. The lowest BCUT2D eigenvalue weighted by molar-refractivity contribution is -0.384. The number of ether oxygens (including phenoxy) is 1. The molecule has 2 aromatic rings. The van der Waals surface area contributed by atoms with Gasteiger partial charge < -0.3 is 13.8 Å². The minimum absolute atomic E-state index is 0.0797. The number of rotatable bonds is 10. The van der Waals surface area contributed by atoms with Crippen molar-refractivity contribution in [2.45, 2.75) is 26.3 Å². The van der Waals surface area contributed by atoms with Crippen molar-refractivity contribution >= 4 is 19.4 Å². The molecule has 0 bridgehead atoms. The second-order valence-corrected chi connectivity index (χ2v) is 7.20. The first-order valence-corrected chi connectivity index (χ1v) is 10.1. The van der Waals surface area contributed by atoms with Crippen LogP contribution in [0.4, 0.5) is 5.69 Å². The third-order valence-electron chi connectivity index (χ3n) is 3.54. The van der Waals surface area contributed by atoms with Gasteiger partial charge in [0.25, 0.3) is 5.69 Å². The van der Waals surface area contributed by atoms with Crippen molar-refractivity contribution in [1.29, 1.82) is 0 Å². The van der Waals surface area contributed by atoms with Crippen molar-refractivity contribution in [3.8, 4) is 11.5 Å². The van der Waals surface area contributed by atoms with Gasteiger partial charge in [-0.15, -0.1) is 0 Å². The van der Waals surface area contributed by atoms with Gasteiger partial charge in [-0.2, -0.15) is 5.09 Å². The van der Waals surface area contributed by atoms with Crippen molar-refractivity contribution in [3.05, 3.63) is 64.7 Å². The summed E-state index contributed by atoms with van der Waals surface area (Å²) in [5.74, 6) is -0.246. The van der Waals surface area contributed by atoms with E-state index in [0.717, 1.165) is 0 Å². The zero-order valence-electron chi connectivity index (χ0n) is 15.4. The molecule has 10 heteroatoms. The smallest absolute Gasteiger partial charge is 0.465 e. The quantitative estimate of drug-likeness (QED) is 0.270. The highest BCUT2D eigenvalue weighted by Gasteiger charge is 2.35. The van der Waals surface area contributed by atoms with E-state index in [1.54, 1.807) is 44.2 Å². The van der Waals surface area contributed by atoms with E-state index in [2.05, 4.69) is 5.09 Å². The Labute approximate surface area is 162 Å². The summed E-state index contributed by atoms with van der Waals surface area (Å²) in [4.78, 5) is 22.3. The lowest BCUT2D eigenvalue weighted by Gasteiger charge is -2.24. The second-order valence-electron chi connectivity index (χ2n) is 5.59. The van der Waals surface area contributed by atoms with Gasteiger partial charge in [-0.1, -0.05) is 25.1 Å². The summed E-state index contributed by atoms with van der Waals surface area (Å²) in [5.41, 5.74) is -0.142. The van der Waals surface area contributed by atoms with Crippen LogP contribution in [0.1, 0.15) is 20.3 Å². The molecular weight excluding hydrogens is 387 g/mol. The van der Waals surface area contributed by atoms with Gasteiger partial charge in [0.1, 0.15) is 17.5 Å². The van der Waals surface area contributed by atoms with Gasteiger partial charge in [-0.3, -0.25) is 14.9 Å². The lowest BCUT2D eigenvalue weighted by atomic mass is 10.2. The van der Waals surface area contributed by atoms with Gasteiger partial charge in [0.15, 0.2) is 0 Å². The van der Waals surface area contributed by atoms with E-state index in [4.69, 9.17) is 13.8 Å². The Morgan fingerprint density at radius 2 is 1.64 bits per heavy atom. The van der Waals surface area contributed by atoms with E-state index in [1.165, 1.54) is 24.3 Å². The number of hydrogen-bond donors (Lipinski definition) is 1. The number of benzene rings is 2. The van der Waals surface area contributed by atoms with Crippen LogP contribution in [0.2, 0.25) is 0 Å². The predicted molar refractivity (Wildman–Crippen MR) is 102 cm³/mol. The third-order valence-corrected chi connectivity index (χ3v) is 5.07. The summed E-state index contributed by atoms with van der Waals surface area (Å²) in [7, 11) is -4.07. The maximum atomic E-state index is 13.4. The molecule has 0 saturated carbocycles. The topological polar surface area (TPSA) is 117 Å². The highest BCUT2D eigenvalue weighted by atomic mass is 31.2. The Morgan fingerprint density at radius 1 is 1.07 bits per heavy atom. The van der Waals surface area contributed by atoms with Crippen molar-refractivity contribution in [1.82, 2.24) is 5.09 Å². The molecule has 0 saturated heterocycles. The average Bonchev–Trinajstić information content (AvgIpc) is 2.67. The third kappa shape index (κ3) is 6.07. The highest BCUT2D eigenvalue weighted by molar-refractivity contribution is 7.52. The second kappa shape index (κ2) is 9.87. The number of nitro groups is 1. The van der Waals surface area contributed by atoms with Gasteiger partial charge in [-0.25, -0.2) is 4.57 Å². The monoisotopic (exact) mass is 408 g/mol. The molecule has 1 N–H and O–H groups in total. The predicted octanol–water partition coefficient (Wildman–Crippen LogP) is 4.09. The molecule has 2 unspecified atom stereocenters. The highest BCUT2D eigenvalue weighted by Crippen LogP contribution is 2.45. The fraction of sp³-hybridized carbons (Fsp3) is 0.278. The molecule has 0 aliphatic heterocycles. The minimum Gasteiger partial charge on any atom is -0.465 e. The summed E-state index contributed by atoms with van der Waals surface area (Å²) >= 11 is 0. The number of nitrogens with zero attached hydrogens (tertiary/aromatic N) is 1. The van der Waals surface area contributed by atoms with Crippen LogP contribution >= 0.6 is 7.75 Å². The summed E-state index contributed by atoms with van der Waals surface area (Å²) in [6.07, 6.45) is 0.282. The first-order chi connectivity index (χ1) is 13.4. The Bertz CT molecular complexity index is 843. The molecule has 2 aromatic carbocycles. The van der Waals surface area contributed by atoms with Crippen LogP contribution < -0.4 is 14.1 Å². The molecule has 0 aliphatic rings. The molecule has 0 aliphatic carbocycles. The number of para-hydroxylation sites is 1. The molecule has 2 atom stereocenters. The van der Waals surface area contributed by atoms with Crippen LogP contribution in [-0.2, 0) is 14.1 Å². The lowest BCUT2D eigenvalue weighted by Crippen LogP contribution is -2.37. The van der Waals surface area contributed by atoms with E-state index in [0.29, 0.717) is 0 Å². The van der Waals surface area contributed by atoms with Crippen LogP contribution in [-0.4, -0.2) is 23.5 Å². The van der Waals surface area contributed by atoms with Crippen LogP contribution in [0, 0.1) is 10.1 Å². The summed E-state index contributed by atoms with van der Waals surface area (Å²) in [6.45, 7) is 3.55. The number of carbonyl (C=O) groups is 1. The van der Waals surface area contributed by atoms with E-state index in [1.807, 2.05) is 0 Å². The zero-order valence-corrected chi connectivity index (χ0v) is 16.3. The van der Waals surface area contributed by atoms with Crippen molar-refractivity contribution in [3.63, 3.8) is 0 Å². The molecule has 9 nitrogen and oxygen atoms in total. The Morgan fingerprint density at radius 3 is 2.14 bits per heavy atom. The average molecular weight is 408 g/mol. The van der Waals surface area contributed by atoms with E-state index in [9.17, 15) is 19.5 Å². The van der Waals surface area contributed by atoms with Crippen LogP contribution in [0.15, 0.2) is 54.6 Å². The molecule has 0 amide bonds. The molecule has 0 spiro atoms. The molecule has 150 valence electrons. The van der Waals surface area contributed by atoms with Crippen molar-refractivity contribution < 1.29 is 28.1 Å². The van der Waals surface area contributed by atoms with Gasteiger partial charge in [0.2, 0.25) is 0 Å². The number of nitrogens with one attached hydrogen (secondary N) is 1. The molecule has 2 rings (SSSR count). The van der Waals surface area contributed by atoms with Gasteiger partial charge >= 0.3 is 13.7 Å². The summed E-state index contributed by atoms with van der Waals surface area (Å²) in [6, 6.07) is 12.4. The minimum atomic E-state index is -4.07. The van der Waals surface area contributed by atoms with Crippen molar-refractivity contribution in [2.24, 2.45) is 0 Å². The Hall–Kier alpha value is -2.90. The Kier molecular flexibility index (Phi) is 7.54. The largest absolute Gasteiger partial charge is 0.513 e. The first kappa shape index (κ1) is 21.4. The number of nitro benzene ring substituents is 1. The number of carbonyl (C=O) groups excluding carboxylic acids is 1. The molecule has 0 heterocycles. The maximum Gasteiger partial charge on any atom is 0.513 e. The van der Waals surface area contributed by atoms with E-state index in [-0.39, 0.29) is 30.2 Å². The van der Waals surface area contributed by atoms with Gasteiger partial charge in [-0.05, 0) is 37.6 Å². The molecule has 0 radical (unpaired) electrons. The van der Waals surface area contributed by atoms with Gasteiger partial charge in [0, 0.05) is 12.1 Å². The summed E-state index contributed by atoms with van der Waals surface area (Å²) in [5, 5.41) is 13.4. The van der Waals surface area contributed by atoms with Crippen molar-refractivity contribution in [2.75, 3.05) is 6.61 Å². The van der Waals surface area contributed by atoms with Crippen LogP contribution in [0.5, 0.6) is 11.5 Å². The number of non-ortho nitro benzene ring substituents is 1. The van der Waals surface area contributed by atoms with E-state index >= 15 is 0 Å². The SMILES string of the molecule is CCOC(=O)C(CC)NP(=O)(Oc1ccccc1)Oc1ccc([N+](=O)[O-])cc1. The maximum absolute atomic E-state index is 13.4. The standard InChI is InChI=1S/C18H21N2O7P/c1-3-17(18(21)25-4-2)19-28(24,26-15-8-6-5-7-9-15)27-16-12-10-14(11-13-16)20(22)23/h5-13,17H,3-4H2,1-2H3,(H,19,24). The fourth-order valence-electron chi connectivity index (χ4n) is 2.20. The first-order valence-electron chi connectivity index (χ1n) is 8.60.